The van der Waals surface area contributed by atoms with Crippen molar-refractivity contribution in [3.63, 3.8) is 0 Å². The average molecular weight is 246 g/mol. The normalized spacial score (nSPS) is 11.0. The summed E-state index contributed by atoms with van der Waals surface area (Å²) in [6.07, 6.45) is -5.01. The van der Waals surface area contributed by atoms with Gasteiger partial charge >= 0.3 is 6.18 Å². The summed E-state index contributed by atoms with van der Waals surface area (Å²) in [5, 5.41) is 27.9. The highest BCUT2D eigenvalue weighted by molar-refractivity contribution is 5.54. The molecule has 0 amide bonds. The van der Waals surface area contributed by atoms with Gasteiger partial charge in [0.05, 0.1) is 23.2 Å². The largest absolute Gasteiger partial charge is 0.423 e. The predicted octanol–water partition coefficient (Wildman–Crippen LogP) is 1.98. The summed E-state index contributed by atoms with van der Waals surface area (Å²) >= 11 is 0. The molecule has 1 aromatic rings. The van der Waals surface area contributed by atoms with Gasteiger partial charge in [0.15, 0.2) is 0 Å². The van der Waals surface area contributed by atoms with Crippen LogP contribution in [0.1, 0.15) is 16.7 Å². The highest BCUT2D eigenvalue weighted by atomic mass is 19.4. The van der Waals surface area contributed by atoms with Crippen molar-refractivity contribution in [1.82, 2.24) is 0 Å². The van der Waals surface area contributed by atoms with Crippen molar-refractivity contribution in [2.24, 2.45) is 0 Å². The van der Waals surface area contributed by atoms with E-state index in [-0.39, 0.29) is 0 Å². The predicted molar refractivity (Wildman–Crippen MR) is 48.7 cm³/mol. The fourth-order valence-corrected chi connectivity index (χ4v) is 1.37. The average Bonchev–Trinajstić information content (AvgIpc) is 2.25. The van der Waals surface area contributed by atoms with Crippen LogP contribution in [0.4, 0.5) is 18.9 Å². The highest BCUT2D eigenvalue weighted by Crippen LogP contribution is 2.39. The van der Waals surface area contributed by atoms with Gasteiger partial charge in [-0.2, -0.15) is 18.4 Å². The van der Waals surface area contributed by atoms with Crippen LogP contribution < -0.4 is 0 Å². The summed E-state index contributed by atoms with van der Waals surface area (Å²) in [6.45, 7) is -1.10. The summed E-state index contributed by atoms with van der Waals surface area (Å²) < 4.78 is 37.9. The molecule has 0 aliphatic heterocycles. The Morgan fingerprint density at radius 1 is 1.47 bits per heavy atom. The molecule has 0 atom stereocenters. The number of aliphatic hydroxyl groups is 1. The molecule has 1 rings (SSSR count). The van der Waals surface area contributed by atoms with E-state index < -0.39 is 40.1 Å². The Hall–Kier alpha value is -2.14. The van der Waals surface area contributed by atoms with Crippen LogP contribution in [-0.2, 0) is 12.8 Å². The molecule has 0 aliphatic carbocycles. The minimum Gasteiger partial charge on any atom is -0.392 e. The van der Waals surface area contributed by atoms with Gasteiger partial charge in [0.25, 0.3) is 5.69 Å². The lowest BCUT2D eigenvalue weighted by molar-refractivity contribution is -0.388. The molecule has 17 heavy (non-hydrogen) atoms. The smallest absolute Gasteiger partial charge is 0.392 e. The third kappa shape index (κ3) is 2.34. The van der Waals surface area contributed by atoms with Gasteiger partial charge in [0.2, 0.25) is 0 Å². The highest BCUT2D eigenvalue weighted by Gasteiger charge is 2.41. The SMILES string of the molecule is N#Cc1ccc([N+](=O)[O-])c(C(F)(F)F)c1CO. The first-order valence-corrected chi connectivity index (χ1v) is 4.21. The molecule has 0 spiro atoms. The number of hydrogen-bond donors (Lipinski definition) is 1. The number of benzene rings is 1. The molecule has 8 heteroatoms. The summed E-state index contributed by atoms with van der Waals surface area (Å²) in [6, 6.07) is 2.91. The minimum atomic E-state index is -5.01. The first-order valence-electron chi connectivity index (χ1n) is 4.21. The second-order valence-corrected chi connectivity index (χ2v) is 3.01. The second-order valence-electron chi connectivity index (χ2n) is 3.01. The number of nitro benzene ring substituents is 1. The van der Waals surface area contributed by atoms with Crippen LogP contribution in [0.5, 0.6) is 0 Å². The van der Waals surface area contributed by atoms with Crippen molar-refractivity contribution in [3.05, 3.63) is 38.9 Å². The molecule has 0 fully saturated rings. The monoisotopic (exact) mass is 246 g/mol. The first-order chi connectivity index (χ1) is 7.82. The number of nitriles is 1. The molecule has 1 N–H and O–H groups in total. The molecule has 0 saturated carbocycles. The minimum absolute atomic E-state index is 0.439. The van der Waals surface area contributed by atoms with Crippen LogP contribution in [0.25, 0.3) is 0 Å². The number of hydrogen-bond acceptors (Lipinski definition) is 4. The van der Waals surface area contributed by atoms with Gasteiger partial charge in [0, 0.05) is 11.6 Å². The molecule has 0 aliphatic rings. The zero-order valence-corrected chi connectivity index (χ0v) is 8.15. The quantitative estimate of drug-likeness (QED) is 0.638. The Kier molecular flexibility index (Phi) is 3.34. The molecular weight excluding hydrogens is 241 g/mol. The first kappa shape index (κ1) is 12.9. The molecule has 1 aromatic carbocycles. The second kappa shape index (κ2) is 4.39. The third-order valence-electron chi connectivity index (χ3n) is 2.05. The molecular formula is C9H5F3N2O3. The van der Waals surface area contributed by atoms with Crippen LogP contribution in [0.2, 0.25) is 0 Å². The van der Waals surface area contributed by atoms with Crippen molar-refractivity contribution in [3.8, 4) is 6.07 Å². The fourth-order valence-electron chi connectivity index (χ4n) is 1.37. The zero-order valence-electron chi connectivity index (χ0n) is 8.15. The summed E-state index contributed by atoms with van der Waals surface area (Å²) in [4.78, 5) is 9.27. The molecule has 0 unspecified atom stereocenters. The Bertz CT molecular complexity index is 505. The van der Waals surface area contributed by atoms with Gasteiger partial charge in [0.1, 0.15) is 5.56 Å². The van der Waals surface area contributed by atoms with E-state index in [1.807, 2.05) is 0 Å². The Balaban J connectivity index is 3.70. The van der Waals surface area contributed by atoms with E-state index in [0.29, 0.717) is 6.07 Å². The molecule has 0 aromatic heterocycles. The van der Waals surface area contributed by atoms with Gasteiger partial charge in [-0.05, 0) is 6.07 Å². The van der Waals surface area contributed by atoms with E-state index in [2.05, 4.69) is 0 Å². The van der Waals surface area contributed by atoms with Gasteiger partial charge < -0.3 is 5.11 Å². The summed E-state index contributed by atoms with van der Waals surface area (Å²) in [5.74, 6) is 0. The lowest BCUT2D eigenvalue weighted by Gasteiger charge is -2.12. The maximum atomic E-state index is 12.6. The number of nitro groups is 1. The number of aliphatic hydroxyl groups excluding tert-OH is 1. The van der Waals surface area contributed by atoms with Crippen molar-refractivity contribution >= 4 is 5.69 Å². The number of alkyl halides is 3. The molecule has 5 nitrogen and oxygen atoms in total. The summed E-state index contributed by atoms with van der Waals surface area (Å²) in [5.41, 5.74) is -3.98. The van der Waals surface area contributed by atoms with Gasteiger partial charge in [-0.3, -0.25) is 10.1 Å². The Morgan fingerprint density at radius 2 is 2.06 bits per heavy atom. The number of halogens is 3. The van der Waals surface area contributed by atoms with Gasteiger partial charge in [-0.25, -0.2) is 0 Å². The molecule has 0 radical (unpaired) electrons. The lowest BCUT2D eigenvalue weighted by Crippen LogP contribution is -2.14. The van der Waals surface area contributed by atoms with Crippen LogP contribution in [0, 0.1) is 21.4 Å². The lowest BCUT2D eigenvalue weighted by atomic mass is 10.00. The topological polar surface area (TPSA) is 87.2 Å². The Labute approximate surface area is 92.9 Å². The van der Waals surface area contributed by atoms with Crippen LogP contribution >= 0.6 is 0 Å². The Morgan fingerprint density at radius 3 is 2.41 bits per heavy atom. The van der Waals surface area contributed by atoms with Gasteiger partial charge in [-0.1, -0.05) is 0 Å². The summed E-state index contributed by atoms with van der Waals surface area (Å²) in [7, 11) is 0. The van der Waals surface area contributed by atoms with E-state index in [1.54, 1.807) is 0 Å². The molecule has 0 saturated heterocycles. The van der Waals surface area contributed by atoms with E-state index >= 15 is 0 Å². The third-order valence-corrected chi connectivity index (χ3v) is 2.05. The van der Waals surface area contributed by atoms with Crippen molar-refractivity contribution < 1.29 is 23.2 Å². The van der Waals surface area contributed by atoms with Crippen LogP contribution in [0.15, 0.2) is 12.1 Å². The van der Waals surface area contributed by atoms with E-state index in [0.717, 1.165) is 6.07 Å². The van der Waals surface area contributed by atoms with E-state index in [9.17, 15) is 23.3 Å². The number of rotatable bonds is 2. The maximum absolute atomic E-state index is 12.6. The fraction of sp³-hybridized carbons (Fsp3) is 0.222. The maximum Gasteiger partial charge on any atom is 0.423 e. The molecule has 0 bridgehead atoms. The molecule has 90 valence electrons. The zero-order chi connectivity index (χ0) is 13.2. The van der Waals surface area contributed by atoms with Crippen LogP contribution in [0.3, 0.4) is 0 Å². The van der Waals surface area contributed by atoms with Crippen molar-refractivity contribution in [2.45, 2.75) is 12.8 Å². The van der Waals surface area contributed by atoms with E-state index in [4.69, 9.17) is 10.4 Å². The van der Waals surface area contributed by atoms with Crippen molar-refractivity contribution in [1.29, 1.82) is 5.26 Å². The van der Waals surface area contributed by atoms with Gasteiger partial charge in [-0.15, -0.1) is 0 Å². The van der Waals surface area contributed by atoms with E-state index in [1.165, 1.54) is 6.07 Å². The number of nitrogens with zero attached hydrogens (tertiary/aromatic N) is 2. The molecule has 0 heterocycles. The standard InChI is InChI=1S/C9H5F3N2O3/c10-9(11,12)8-6(4-15)5(3-13)1-2-7(8)14(16)17/h1-2,15H,4H2. The van der Waals surface area contributed by atoms with Crippen molar-refractivity contribution in [2.75, 3.05) is 0 Å². The van der Waals surface area contributed by atoms with Crippen LogP contribution in [-0.4, -0.2) is 10.0 Å².